The number of hydrogen-bond acceptors (Lipinski definition) is 7. The number of carboxylic acid groups (broad SMARTS) is 1. The Morgan fingerprint density at radius 1 is 1.06 bits per heavy atom. The van der Waals surface area contributed by atoms with E-state index in [2.05, 4.69) is 11.8 Å². The van der Waals surface area contributed by atoms with Crippen LogP contribution in [0, 0.1) is 23.7 Å². The molecule has 0 radical (unpaired) electrons. The summed E-state index contributed by atoms with van der Waals surface area (Å²) >= 11 is 0. The number of carboxylic acids is 1. The molecule has 1 fully saturated rings. The van der Waals surface area contributed by atoms with Gasteiger partial charge in [-0.3, -0.25) is 9.59 Å². The summed E-state index contributed by atoms with van der Waals surface area (Å²) in [6.07, 6.45) is -2.65. The van der Waals surface area contributed by atoms with Crippen molar-refractivity contribution >= 4 is 17.3 Å². The molecule has 1 aromatic carbocycles. The predicted octanol–water partition coefficient (Wildman–Crippen LogP) is 2.89. The Hall–Kier alpha value is -3.54. The van der Waals surface area contributed by atoms with Gasteiger partial charge in [0.15, 0.2) is 23.1 Å². The summed E-state index contributed by atoms with van der Waals surface area (Å²) in [7, 11) is 0. The summed E-state index contributed by atoms with van der Waals surface area (Å²) in [6.45, 7) is 3.39. The summed E-state index contributed by atoms with van der Waals surface area (Å²) in [6, 6.07) is 9.21. The molecule has 34 heavy (non-hydrogen) atoms. The third kappa shape index (κ3) is 5.50. The topological polar surface area (TPSA) is 145 Å². The Labute approximate surface area is 197 Å². The molecule has 3 unspecified atom stereocenters. The fourth-order valence-corrected chi connectivity index (χ4v) is 4.09. The van der Waals surface area contributed by atoms with Gasteiger partial charge in [0.2, 0.25) is 0 Å². The van der Waals surface area contributed by atoms with Crippen molar-refractivity contribution in [1.29, 1.82) is 0 Å². The van der Waals surface area contributed by atoms with Crippen LogP contribution >= 0.6 is 0 Å². The highest BCUT2D eigenvalue weighted by Crippen LogP contribution is 2.32. The molecule has 0 aromatic heterocycles. The van der Waals surface area contributed by atoms with Gasteiger partial charge in [0.05, 0.1) is 36.0 Å². The van der Waals surface area contributed by atoms with Gasteiger partial charge in [0.1, 0.15) is 6.10 Å². The van der Waals surface area contributed by atoms with Gasteiger partial charge in [-0.25, -0.2) is 0 Å². The zero-order valence-electron chi connectivity index (χ0n) is 18.9. The van der Waals surface area contributed by atoms with Crippen molar-refractivity contribution in [3.63, 3.8) is 0 Å². The van der Waals surface area contributed by atoms with E-state index >= 15 is 0 Å². The zero-order chi connectivity index (χ0) is 25.0. The van der Waals surface area contributed by atoms with Crippen molar-refractivity contribution in [2.75, 3.05) is 0 Å². The molecule has 8 nitrogen and oxygen atoms in total. The Bertz CT molecular complexity index is 1100. The summed E-state index contributed by atoms with van der Waals surface area (Å²) in [4.78, 5) is 24.4. The molecule has 5 atom stereocenters. The summed E-state index contributed by atoms with van der Waals surface area (Å²) < 4.78 is 5.69. The zero-order valence-corrected chi connectivity index (χ0v) is 18.9. The number of aliphatic carboxylic acids is 1. The molecule has 2 aliphatic rings. The maximum Gasteiger partial charge on any atom is 0.309 e. The Kier molecular flexibility index (Phi) is 7.82. The second-order valence-corrected chi connectivity index (χ2v) is 8.52. The number of carbonyl (C=O) groups is 2. The minimum absolute atomic E-state index is 0.107. The number of carbonyl (C=O) groups excluding carboxylic acids is 1. The molecule has 0 heterocycles. The van der Waals surface area contributed by atoms with Crippen LogP contribution in [0.15, 0.2) is 59.3 Å². The minimum Gasteiger partial charge on any atom is -0.504 e. The van der Waals surface area contributed by atoms with Crippen LogP contribution in [0.1, 0.15) is 38.7 Å². The van der Waals surface area contributed by atoms with Crippen LogP contribution < -0.4 is 0 Å². The summed E-state index contributed by atoms with van der Waals surface area (Å²) in [5.74, 6) is 0.505. The number of rotatable bonds is 6. The predicted molar refractivity (Wildman–Crippen MR) is 123 cm³/mol. The Morgan fingerprint density at radius 3 is 2.38 bits per heavy atom. The van der Waals surface area contributed by atoms with Crippen LogP contribution in [-0.2, 0) is 14.3 Å². The number of ether oxygens (including phenoxy) is 1. The molecule has 0 amide bonds. The van der Waals surface area contributed by atoms with Gasteiger partial charge < -0.3 is 30.3 Å². The Balaban J connectivity index is 1.93. The molecule has 2 aliphatic carbocycles. The lowest BCUT2D eigenvalue weighted by molar-refractivity contribution is -0.156. The highest BCUT2D eigenvalue weighted by molar-refractivity contribution is 6.09. The fraction of sp³-hybridized carbons (Fsp3) is 0.385. The molecule has 0 aliphatic heterocycles. The lowest BCUT2D eigenvalue weighted by atomic mass is 9.83. The van der Waals surface area contributed by atoms with Crippen molar-refractivity contribution in [3.8, 4) is 11.8 Å². The highest BCUT2D eigenvalue weighted by atomic mass is 16.5. The van der Waals surface area contributed by atoms with E-state index in [1.165, 1.54) is 6.08 Å². The molecule has 0 bridgehead atoms. The molecule has 8 heteroatoms. The van der Waals surface area contributed by atoms with Crippen LogP contribution in [0.25, 0.3) is 5.57 Å². The van der Waals surface area contributed by atoms with Gasteiger partial charge in [-0.2, -0.15) is 0 Å². The number of allylic oxidation sites excluding steroid dienone is 4. The number of aliphatic hydroxyl groups is 4. The van der Waals surface area contributed by atoms with Crippen molar-refractivity contribution in [2.45, 2.75) is 51.4 Å². The first-order chi connectivity index (χ1) is 16.1. The third-order valence-corrected chi connectivity index (χ3v) is 6.06. The van der Waals surface area contributed by atoms with Gasteiger partial charge >= 0.3 is 5.97 Å². The van der Waals surface area contributed by atoms with E-state index < -0.39 is 53.4 Å². The van der Waals surface area contributed by atoms with Crippen molar-refractivity contribution < 1.29 is 39.9 Å². The number of hydrogen-bond donors (Lipinski definition) is 5. The van der Waals surface area contributed by atoms with E-state index in [0.29, 0.717) is 5.57 Å². The van der Waals surface area contributed by atoms with Gasteiger partial charge in [-0.1, -0.05) is 42.2 Å². The fourth-order valence-electron chi connectivity index (χ4n) is 4.09. The number of benzene rings is 1. The van der Waals surface area contributed by atoms with E-state index in [4.69, 9.17) is 4.74 Å². The van der Waals surface area contributed by atoms with E-state index in [-0.39, 0.29) is 30.6 Å². The molecular weight excluding hydrogens is 440 g/mol. The molecule has 1 saturated carbocycles. The van der Waals surface area contributed by atoms with Crippen molar-refractivity contribution in [3.05, 3.63) is 64.8 Å². The summed E-state index contributed by atoms with van der Waals surface area (Å²) in [5, 5.41) is 51.0. The largest absolute Gasteiger partial charge is 0.504 e. The van der Waals surface area contributed by atoms with Crippen LogP contribution in [0.5, 0.6) is 0 Å². The maximum absolute atomic E-state index is 13.0. The number of ketones is 1. The first-order valence-corrected chi connectivity index (χ1v) is 11.0. The SMILES string of the molecule is C/C(=C\C(=O)C1=C(O)C(O)=C(OC2CC(C(=O)O)[C@@H](O)C[C@H]2O)CC#CC1C)c1ccccc1. The molecule has 5 N–H and O–H groups in total. The maximum atomic E-state index is 13.0. The van der Waals surface area contributed by atoms with Gasteiger partial charge in [0.25, 0.3) is 0 Å². The van der Waals surface area contributed by atoms with E-state index in [1.54, 1.807) is 13.8 Å². The molecule has 1 aromatic rings. The average Bonchev–Trinajstić information content (AvgIpc) is 2.79. The molecule has 0 spiro atoms. The molecular formula is C26H28O8. The first kappa shape index (κ1) is 25.1. The van der Waals surface area contributed by atoms with Gasteiger partial charge in [-0.15, -0.1) is 0 Å². The van der Waals surface area contributed by atoms with E-state index in [0.717, 1.165) is 5.56 Å². The smallest absolute Gasteiger partial charge is 0.309 e. The van der Waals surface area contributed by atoms with Crippen molar-refractivity contribution in [1.82, 2.24) is 0 Å². The van der Waals surface area contributed by atoms with E-state index in [9.17, 15) is 35.1 Å². The van der Waals surface area contributed by atoms with Gasteiger partial charge in [0, 0.05) is 12.8 Å². The second kappa shape index (κ2) is 10.6. The highest BCUT2D eigenvalue weighted by Gasteiger charge is 2.41. The average molecular weight is 469 g/mol. The summed E-state index contributed by atoms with van der Waals surface area (Å²) in [5.41, 5.74) is 1.38. The molecule has 0 saturated heterocycles. The Morgan fingerprint density at radius 2 is 1.74 bits per heavy atom. The number of aliphatic hydroxyl groups excluding tert-OH is 4. The quantitative estimate of drug-likeness (QED) is 0.317. The second-order valence-electron chi connectivity index (χ2n) is 8.52. The van der Waals surface area contributed by atoms with Crippen molar-refractivity contribution in [2.24, 2.45) is 11.8 Å². The minimum atomic E-state index is -1.23. The standard InChI is InChI=1S/C26H28O8/c1-14-7-6-10-21(34-22-12-17(26(32)33)18(27)13-19(22)28)24(30)25(31)23(14)20(29)11-15(2)16-8-4-3-5-9-16/h3-5,8-9,11,14,17-19,22,27-28,30-31H,10,12-13H2,1-2H3,(H,32,33)/b15-11+,24-21?,25-23?/t14?,17?,18-,19+,22?/m0/s1. The normalized spacial score (nSPS) is 27.9. The lowest BCUT2D eigenvalue weighted by Crippen LogP contribution is -2.46. The van der Waals surface area contributed by atoms with Gasteiger partial charge in [-0.05, 0) is 31.1 Å². The molecule has 3 rings (SSSR count). The van der Waals surface area contributed by atoms with Crippen LogP contribution in [-0.4, -0.2) is 55.6 Å². The van der Waals surface area contributed by atoms with Crippen LogP contribution in [0.4, 0.5) is 0 Å². The molecule has 180 valence electrons. The van der Waals surface area contributed by atoms with E-state index in [1.807, 2.05) is 30.3 Å². The monoisotopic (exact) mass is 468 g/mol. The third-order valence-electron chi connectivity index (χ3n) is 6.06. The van der Waals surface area contributed by atoms with Crippen LogP contribution in [0.3, 0.4) is 0 Å². The lowest BCUT2D eigenvalue weighted by Gasteiger charge is -2.35. The van der Waals surface area contributed by atoms with Crippen LogP contribution in [0.2, 0.25) is 0 Å². The first-order valence-electron chi connectivity index (χ1n) is 11.0.